The fraction of sp³-hybridized carbons (Fsp3) is 0.211. The summed E-state index contributed by atoms with van der Waals surface area (Å²) in [6, 6.07) is 17.7. The maximum absolute atomic E-state index is 13.0. The Morgan fingerprint density at radius 2 is 1.56 bits per heavy atom. The number of benzene rings is 2. The Hall–Kier alpha value is -3.15. The number of carbonyl (C=O) groups excluding carboxylic acids is 2. The van der Waals surface area contributed by atoms with Crippen molar-refractivity contribution < 1.29 is 19.5 Å². The zero-order valence-electron chi connectivity index (χ0n) is 13.8. The third kappa shape index (κ3) is 2.87. The molecule has 6 heteroatoms. The van der Waals surface area contributed by atoms with Gasteiger partial charge in [-0.25, -0.2) is 4.79 Å². The van der Waals surface area contributed by atoms with E-state index in [2.05, 4.69) is 0 Å². The van der Waals surface area contributed by atoms with Gasteiger partial charge in [0.25, 0.3) is 5.91 Å². The Balaban J connectivity index is 2.06. The number of amides is 3. The van der Waals surface area contributed by atoms with E-state index >= 15 is 0 Å². The lowest BCUT2D eigenvalue weighted by Crippen LogP contribution is -2.44. The van der Waals surface area contributed by atoms with Crippen LogP contribution in [0.1, 0.15) is 18.1 Å². The molecule has 0 saturated carbocycles. The molecular formula is C19H18N2O4. The summed E-state index contributed by atoms with van der Waals surface area (Å²) in [7, 11) is 0. The van der Waals surface area contributed by atoms with Gasteiger partial charge in [-0.05, 0) is 18.1 Å². The quantitative estimate of drug-likeness (QED) is 0.850. The first-order valence-corrected chi connectivity index (χ1v) is 7.89. The average Bonchev–Trinajstić information content (AvgIpc) is 2.79. The number of carboxylic acid groups (broad SMARTS) is 1. The van der Waals surface area contributed by atoms with Crippen molar-refractivity contribution in [1.29, 1.82) is 0 Å². The molecule has 0 aromatic heterocycles. The van der Waals surface area contributed by atoms with Crippen LogP contribution in [0.3, 0.4) is 0 Å². The minimum Gasteiger partial charge on any atom is -0.480 e. The molecule has 1 aliphatic heterocycles. The Bertz CT molecular complexity index is 807. The van der Waals surface area contributed by atoms with Crippen LogP contribution >= 0.6 is 0 Å². The van der Waals surface area contributed by atoms with Gasteiger partial charge in [0, 0.05) is 6.54 Å². The van der Waals surface area contributed by atoms with Gasteiger partial charge in [0.2, 0.25) is 0 Å². The van der Waals surface area contributed by atoms with Gasteiger partial charge in [0.05, 0.1) is 0 Å². The number of urea groups is 1. The molecule has 0 spiro atoms. The Labute approximate surface area is 145 Å². The predicted octanol–water partition coefficient (Wildman–Crippen LogP) is 2.45. The van der Waals surface area contributed by atoms with Crippen LogP contribution < -0.4 is 0 Å². The lowest BCUT2D eigenvalue weighted by molar-refractivity contribution is -0.143. The van der Waals surface area contributed by atoms with E-state index in [-0.39, 0.29) is 6.54 Å². The summed E-state index contributed by atoms with van der Waals surface area (Å²) < 4.78 is 0. The highest BCUT2D eigenvalue weighted by molar-refractivity contribution is 6.08. The van der Waals surface area contributed by atoms with Crippen LogP contribution in [0.15, 0.2) is 60.7 Å². The van der Waals surface area contributed by atoms with Crippen molar-refractivity contribution in [3.8, 4) is 0 Å². The summed E-state index contributed by atoms with van der Waals surface area (Å²) in [4.78, 5) is 39.1. The smallest absolute Gasteiger partial charge is 0.328 e. The van der Waals surface area contributed by atoms with Crippen molar-refractivity contribution in [1.82, 2.24) is 9.80 Å². The number of hydrogen-bond acceptors (Lipinski definition) is 3. The molecule has 6 nitrogen and oxygen atoms in total. The highest BCUT2D eigenvalue weighted by atomic mass is 16.4. The highest BCUT2D eigenvalue weighted by Gasteiger charge is 2.55. The molecule has 2 aromatic carbocycles. The van der Waals surface area contributed by atoms with Gasteiger partial charge < -0.3 is 10.0 Å². The zero-order chi connectivity index (χ0) is 18.0. The maximum Gasteiger partial charge on any atom is 0.328 e. The van der Waals surface area contributed by atoms with E-state index < -0.39 is 30.0 Å². The van der Waals surface area contributed by atoms with Crippen molar-refractivity contribution in [3.63, 3.8) is 0 Å². The first-order chi connectivity index (χ1) is 11.9. The van der Waals surface area contributed by atoms with E-state index in [4.69, 9.17) is 5.11 Å². The van der Waals surface area contributed by atoms with Crippen molar-refractivity contribution in [2.45, 2.75) is 19.0 Å². The van der Waals surface area contributed by atoms with Gasteiger partial charge in [-0.1, -0.05) is 60.7 Å². The molecule has 1 atom stereocenters. The van der Waals surface area contributed by atoms with Crippen molar-refractivity contribution in [2.75, 3.05) is 6.54 Å². The minimum atomic E-state index is -1.25. The second-order valence-electron chi connectivity index (χ2n) is 6.08. The van der Waals surface area contributed by atoms with Crippen molar-refractivity contribution >= 4 is 17.9 Å². The van der Waals surface area contributed by atoms with Crippen LogP contribution in [0.4, 0.5) is 4.79 Å². The zero-order valence-corrected chi connectivity index (χ0v) is 13.8. The number of aliphatic carboxylic acids is 1. The van der Waals surface area contributed by atoms with Crippen molar-refractivity contribution in [2.24, 2.45) is 0 Å². The SMILES string of the molecule is CC1(c2ccccc2)C(=O)N(CC(=O)O)C(=O)N1Cc1ccccc1. The minimum absolute atomic E-state index is 0.215. The van der Waals surface area contributed by atoms with Crippen LogP contribution in [-0.2, 0) is 21.7 Å². The summed E-state index contributed by atoms with van der Waals surface area (Å²) >= 11 is 0. The van der Waals surface area contributed by atoms with Gasteiger partial charge in [-0.15, -0.1) is 0 Å². The monoisotopic (exact) mass is 338 g/mol. The Morgan fingerprint density at radius 3 is 2.12 bits per heavy atom. The first kappa shape index (κ1) is 16.7. The molecule has 0 radical (unpaired) electrons. The second kappa shape index (κ2) is 6.39. The molecule has 1 unspecified atom stereocenters. The number of nitrogens with zero attached hydrogens (tertiary/aromatic N) is 2. The Morgan fingerprint density at radius 1 is 1.00 bits per heavy atom. The van der Waals surface area contributed by atoms with Crippen LogP contribution in [0.2, 0.25) is 0 Å². The number of rotatable bonds is 5. The molecule has 1 fully saturated rings. The van der Waals surface area contributed by atoms with Crippen LogP contribution in [0, 0.1) is 0 Å². The fourth-order valence-corrected chi connectivity index (χ4v) is 3.11. The molecule has 1 saturated heterocycles. The maximum atomic E-state index is 13.0. The number of carboxylic acids is 1. The third-order valence-electron chi connectivity index (χ3n) is 4.48. The molecule has 3 rings (SSSR count). The predicted molar refractivity (Wildman–Crippen MR) is 90.5 cm³/mol. The van der Waals surface area contributed by atoms with E-state index in [1.165, 1.54) is 4.90 Å². The molecule has 0 bridgehead atoms. The largest absolute Gasteiger partial charge is 0.480 e. The van der Waals surface area contributed by atoms with Crippen LogP contribution in [0.25, 0.3) is 0 Å². The fourth-order valence-electron chi connectivity index (χ4n) is 3.11. The summed E-state index contributed by atoms with van der Waals surface area (Å²) in [5.74, 6) is -1.75. The van der Waals surface area contributed by atoms with E-state index in [1.54, 1.807) is 31.2 Å². The van der Waals surface area contributed by atoms with E-state index in [9.17, 15) is 14.4 Å². The van der Waals surface area contributed by atoms with Gasteiger partial charge in [-0.3, -0.25) is 14.5 Å². The lowest BCUT2D eigenvalue weighted by Gasteiger charge is -2.32. The molecule has 0 aliphatic carbocycles. The molecule has 25 heavy (non-hydrogen) atoms. The molecular weight excluding hydrogens is 320 g/mol. The molecule has 2 aromatic rings. The van der Waals surface area contributed by atoms with Crippen LogP contribution in [0.5, 0.6) is 0 Å². The van der Waals surface area contributed by atoms with E-state index in [0.29, 0.717) is 5.56 Å². The summed E-state index contributed by atoms with van der Waals surface area (Å²) in [6.45, 7) is 1.23. The molecule has 1 aliphatic rings. The second-order valence-corrected chi connectivity index (χ2v) is 6.08. The third-order valence-corrected chi connectivity index (χ3v) is 4.48. The van der Waals surface area contributed by atoms with Crippen molar-refractivity contribution in [3.05, 3.63) is 71.8 Å². The molecule has 3 amide bonds. The molecule has 128 valence electrons. The standard InChI is InChI=1S/C19H18N2O4/c1-19(15-10-6-3-7-11-15)17(24)20(13-16(22)23)18(25)21(19)12-14-8-4-2-5-9-14/h2-11H,12-13H2,1H3,(H,22,23). The summed E-state index contributed by atoms with van der Waals surface area (Å²) in [5, 5.41) is 9.06. The number of hydrogen-bond donors (Lipinski definition) is 1. The van der Waals surface area contributed by atoms with E-state index in [1.807, 2.05) is 36.4 Å². The van der Waals surface area contributed by atoms with Gasteiger partial charge >= 0.3 is 12.0 Å². The number of carbonyl (C=O) groups is 3. The lowest BCUT2D eigenvalue weighted by atomic mass is 9.90. The van der Waals surface area contributed by atoms with E-state index in [0.717, 1.165) is 10.5 Å². The summed E-state index contributed by atoms with van der Waals surface area (Å²) in [6.07, 6.45) is 0. The number of imide groups is 1. The molecule has 1 heterocycles. The first-order valence-electron chi connectivity index (χ1n) is 7.89. The highest BCUT2D eigenvalue weighted by Crippen LogP contribution is 2.38. The summed E-state index contributed by atoms with van der Waals surface area (Å²) in [5.41, 5.74) is 0.268. The average molecular weight is 338 g/mol. The molecule has 1 N–H and O–H groups in total. The van der Waals surface area contributed by atoms with Gasteiger partial charge in [0.15, 0.2) is 0 Å². The van der Waals surface area contributed by atoms with Gasteiger partial charge in [0.1, 0.15) is 12.1 Å². The van der Waals surface area contributed by atoms with Crippen LogP contribution in [-0.4, -0.2) is 39.4 Å². The van der Waals surface area contributed by atoms with Gasteiger partial charge in [-0.2, -0.15) is 0 Å². The topological polar surface area (TPSA) is 77.9 Å². The normalized spacial score (nSPS) is 20.2. The Kier molecular flexibility index (Phi) is 4.27.